The average Bonchev–Trinajstić information content (AvgIpc) is 3.86. The zero-order valence-electron chi connectivity index (χ0n) is 34.0. The highest BCUT2D eigenvalue weighted by Gasteiger charge is 2.39. The maximum atomic E-state index is 6.48. The Hall–Kier alpha value is -7.30. The van der Waals surface area contributed by atoms with Crippen molar-refractivity contribution in [3.05, 3.63) is 198 Å². The Morgan fingerprint density at radius 1 is 0.450 bits per heavy atom. The van der Waals surface area contributed by atoms with Gasteiger partial charge in [0.15, 0.2) is 0 Å². The number of furan rings is 1. The van der Waals surface area contributed by atoms with Crippen molar-refractivity contribution in [1.29, 1.82) is 0 Å². The van der Waals surface area contributed by atoms with Crippen molar-refractivity contribution in [1.82, 2.24) is 9.97 Å². The highest BCUT2D eigenvalue weighted by molar-refractivity contribution is 6.09. The zero-order valence-corrected chi connectivity index (χ0v) is 34.0. The molecule has 2 heterocycles. The van der Waals surface area contributed by atoms with Gasteiger partial charge in [-0.25, -0.2) is 9.97 Å². The third-order valence-electron chi connectivity index (χ3n) is 13.3. The number of nitrogens with zero attached hydrogens (tertiary/aromatic N) is 3. The number of aromatic nitrogens is 2. The van der Waals surface area contributed by atoms with Gasteiger partial charge >= 0.3 is 0 Å². The summed E-state index contributed by atoms with van der Waals surface area (Å²) < 4.78 is 6.48. The number of hydrogen-bond acceptors (Lipinski definition) is 4. The van der Waals surface area contributed by atoms with Gasteiger partial charge in [0.1, 0.15) is 11.2 Å². The first-order valence-electron chi connectivity index (χ1n) is 20.8. The number of hydrogen-bond donors (Lipinski definition) is 0. The van der Waals surface area contributed by atoms with Crippen LogP contribution in [-0.4, -0.2) is 9.97 Å². The monoisotopic (exact) mass is 771 g/mol. The van der Waals surface area contributed by atoms with Crippen LogP contribution >= 0.6 is 0 Å². The summed E-state index contributed by atoms with van der Waals surface area (Å²) in [5.74, 6) is 0.620. The largest absolute Gasteiger partial charge is 0.455 e. The van der Waals surface area contributed by atoms with E-state index in [0.717, 1.165) is 66.6 Å². The van der Waals surface area contributed by atoms with Crippen LogP contribution in [0.15, 0.2) is 180 Å². The molecule has 0 saturated carbocycles. The maximum absolute atomic E-state index is 6.48. The van der Waals surface area contributed by atoms with Crippen molar-refractivity contribution in [3.63, 3.8) is 0 Å². The van der Waals surface area contributed by atoms with Crippen LogP contribution in [0.2, 0.25) is 0 Å². The number of rotatable bonds is 5. The molecule has 4 heteroatoms. The average molecular weight is 772 g/mol. The van der Waals surface area contributed by atoms with Crippen LogP contribution in [-0.2, 0) is 10.8 Å². The minimum absolute atomic E-state index is 0.140. The predicted octanol–water partition coefficient (Wildman–Crippen LogP) is 14.9. The van der Waals surface area contributed by atoms with Gasteiger partial charge < -0.3 is 4.42 Å². The molecule has 60 heavy (non-hydrogen) atoms. The highest BCUT2D eigenvalue weighted by atomic mass is 16.3. The highest BCUT2D eigenvalue weighted by Crippen LogP contribution is 2.55. The minimum Gasteiger partial charge on any atom is -0.455 e. The van der Waals surface area contributed by atoms with Crippen LogP contribution in [0.4, 0.5) is 17.3 Å². The van der Waals surface area contributed by atoms with Crippen molar-refractivity contribution in [2.24, 2.45) is 0 Å². The lowest BCUT2D eigenvalue weighted by Crippen LogP contribution is -2.17. The molecule has 0 saturated heterocycles. The Morgan fingerprint density at radius 2 is 1.05 bits per heavy atom. The summed E-state index contributed by atoms with van der Waals surface area (Å²) in [6.45, 7) is 9.33. The SMILES string of the molecule is CC1(C)c2ccccc2-c2ccc(-c3nc(N(c4ccc(-c5cccc6c5oc5ccccc56)cc4)c4cccc5c4-c4ccccc4C5(C)C)nc4ccccc34)cc21. The molecule has 0 bridgehead atoms. The summed E-state index contributed by atoms with van der Waals surface area (Å²) >= 11 is 0. The first-order chi connectivity index (χ1) is 29.3. The molecule has 0 N–H and O–H groups in total. The van der Waals surface area contributed by atoms with Crippen LogP contribution < -0.4 is 4.90 Å². The van der Waals surface area contributed by atoms with E-state index < -0.39 is 0 Å². The molecule has 286 valence electrons. The third-order valence-corrected chi connectivity index (χ3v) is 13.3. The van der Waals surface area contributed by atoms with Crippen LogP contribution in [0.5, 0.6) is 0 Å². The molecule has 2 aliphatic carbocycles. The zero-order chi connectivity index (χ0) is 40.3. The van der Waals surface area contributed by atoms with Crippen LogP contribution in [0.1, 0.15) is 49.9 Å². The van der Waals surface area contributed by atoms with E-state index in [1.807, 2.05) is 12.1 Å². The van der Waals surface area contributed by atoms with Gasteiger partial charge in [0.2, 0.25) is 5.95 Å². The van der Waals surface area contributed by atoms with Crippen molar-refractivity contribution in [2.75, 3.05) is 4.90 Å². The first kappa shape index (κ1) is 34.7. The number of fused-ring (bicyclic) bond motifs is 10. The number of anilines is 3. The topological polar surface area (TPSA) is 42.2 Å². The minimum atomic E-state index is -0.174. The summed E-state index contributed by atoms with van der Waals surface area (Å²) in [6.07, 6.45) is 0. The fourth-order valence-electron chi connectivity index (χ4n) is 10.3. The van der Waals surface area contributed by atoms with E-state index in [9.17, 15) is 0 Å². The van der Waals surface area contributed by atoms with Gasteiger partial charge in [0.05, 0.1) is 16.9 Å². The molecular weight excluding hydrogens is 731 g/mol. The van der Waals surface area contributed by atoms with E-state index in [4.69, 9.17) is 14.4 Å². The van der Waals surface area contributed by atoms with Crippen molar-refractivity contribution < 1.29 is 4.42 Å². The van der Waals surface area contributed by atoms with Gasteiger partial charge in [0, 0.05) is 49.4 Å². The molecular formula is C56H41N3O. The fraction of sp³-hybridized carbons (Fsp3) is 0.107. The third kappa shape index (κ3) is 4.91. The molecule has 0 fully saturated rings. The van der Waals surface area contributed by atoms with E-state index in [1.54, 1.807) is 0 Å². The lowest BCUT2D eigenvalue weighted by Gasteiger charge is -2.28. The molecule has 12 rings (SSSR count). The molecule has 0 amide bonds. The van der Waals surface area contributed by atoms with Crippen LogP contribution in [0.3, 0.4) is 0 Å². The van der Waals surface area contributed by atoms with E-state index in [1.165, 1.54) is 44.5 Å². The van der Waals surface area contributed by atoms with E-state index in [2.05, 4.69) is 196 Å². The van der Waals surface area contributed by atoms with Gasteiger partial charge in [-0.05, 0) is 80.9 Å². The molecule has 2 aromatic heterocycles. The lowest BCUT2D eigenvalue weighted by molar-refractivity contribution is 0.660. The molecule has 8 aromatic carbocycles. The quantitative estimate of drug-likeness (QED) is 0.175. The van der Waals surface area contributed by atoms with Gasteiger partial charge in [-0.2, -0.15) is 0 Å². The Morgan fingerprint density at radius 3 is 1.88 bits per heavy atom. The molecule has 0 aliphatic heterocycles. The lowest BCUT2D eigenvalue weighted by atomic mass is 9.82. The molecule has 0 radical (unpaired) electrons. The molecule has 0 unspecified atom stereocenters. The van der Waals surface area contributed by atoms with Crippen molar-refractivity contribution in [2.45, 2.75) is 38.5 Å². The Balaban J connectivity index is 1.08. The van der Waals surface area contributed by atoms with E-state index in [-0.39, 0.29) is 10.8 Å². The smallest absolute Gasteiger partial charge is 0.235 e. The Bertz CT molecular complexity index is 3390. The summed E-state index contributed by atoms with van der Waals surface area (Å²) in [4.78, 5) is 13.3. The standard InChI is InChI=1S/C56H41N3O/c1-55(2)45-22-10-6-17-42(45)51-46(55)23-14-25-49(51)59(36-30-27-34(28-31-36)37-19-13-20-41-40-16-8-12-26-50(40)60-53(37)41)54-57-48-24-11-7-18-43(48)52(58-54)35-29-32-39-38-15-5-9-21-44(38)56(3,4)47(39)33-35/h5-33H,1-4H3. The normalized spacial score (nSPS) is 14.3. The van der Waals surface area contributed by atoms with Crippen molar-refractivity contribution >= 4 is 50.2 Å². The summed E-state index contributed by atoms with van der Waals surface area (Å²) in [5, 5.41) is 3.26. The van der Waals surface area contributed by atoms with Gasteiger partial charge in [-0.3, -0.25) is 4.90 Å². The summed E-state index contributed by atoms with van der Waals surface area (Å²) in [6, 6.07) is 63.2. The Labute approximate surface area is 349 Å². The van der Waals surface area contributed by atoms with Crippen molar-refractivity contribution in [3.8, 4) is 44.6 Å². The molecule has 0 atom stereocenters. The maximum Gasteiger partial charge on any atom is 0.235 e. The van der Waals surface area contributed by atoms with E-state index in [0.29, 0.717) is 5.95 Å². The van der Waals surface area contributed by atoms with E-state index >= 15 is 0 Å². The van der Waals surface area contributed by atoms with Gasteiger partial charge in [-0.15, -0.1) is 0 Å². The summed E-state index contributed by atoms with van der Waals surface area (Å²) in [5.41, 5.74) is 18.9. The second kappa shape index (κ2) is 12.6. The predicted molar refractivity (Wildman–Crippen MR) is 247 cm³/mol. The van der Waals surface area contributed by atoms with Crippen LogP contribution in [0, 0.1) is 0 Å². The second-order valence-corrected chi connectivity index (χ2v) is 17.4. The molecule has 0 spiro atoms. The second-order valence-electron chi connectivity index (χ2n) is 17.4. The summed E-state index contributed by atoms with van der Waals surface area (Å²) in [7, 11) is 0. The number of benzene rings is 8. The molecule has 4 nitrogen and oxygen atoms in total. The molecule has 2 aliphatic rings. The molecule has 10 aromatic rings. The fourth-order valence-corrected chi connectivity index (χ4v) is 10.3. The first-order valence-corrected chi connectivity index (χ1v) is 20.8. The Kier molecular flexibility index (Phi) is 7.29. The van der Waals surface area contributed by atoms with Crippen LogP contribution in [0.25, 0.3) is 77.5 Å². The number of para-hydroxylation sites is 3. The van der Waals surface area contributed by atoms with Gasteiger partial charge in [0.25, 0.3) is 0 Å². The van der Waals surface area contributed by atoms with Gasteiger partial charge in [-0.1, -0.05) is 167 Å².